The van der Waals surface area contributed by atoms with Gasteiger partial charge in [-0.25, -0.2) is 0 Å². The van der Waals surface area contributed by atoms with E-state index in [1.54, 1.807) is 0 Å². The molecule has 4 heteroatoms. The fourth-order valence-corrected chi connectivity index (χ4v) is 4.16. The number of phenolic OH excluding ortho intramolecular Hbond substituents is 2. The number of hydrogen-bond acceptors (Lipinski definition) is 4. The summed E-state index contributed by atoms with van der Waals surface area (Å²) in [5, 5.41) is 19.0. The second kappa shape index (κ2) is 18.8. The summed E-state index contributed by atoms with van der Waals surface area (Å²) in [6, 6.07) is 4.19. The van der Waals surface area contributed by atoms with Crippen LogP contribution in [0.5, 0.6) is 11.5 Å². The molecule has 0 heterocycles. The van der Waals surface area contributed by atoms with Crippen molar-refractivity contribution in [1.29, 1.82) is 0 Å². The third-order valence-electron chi connectivity index (χ3n) is 6.14. The van der Waals surface area contributed by atoms with Crippen molar-refractivity contribution in [2.24, 2.45) is 5.92 Å². The van der Waals surface area contributed by atoms with Crippen LogP contribution in [0, 0.1) is 5.92 Å². The van der Waals surface area contributed by atoms with Gasteiger partial charge in [-0.2, -0.15) is 0 Å². The maximum Gasteiger partial charge on any atom is 0.310 e. The second-order valence-electron chi connectivity index (χ2n) is 9.56. The maximum absolute atomic E-state index is 12.0. The molecule has 0 fully saturated rings. The quantitative estimate of drug-likeness (QED) is 0.156. The number of esters is 1. The van der Waals surface area contributed by atoms with Gasteiger partial charge in [0.05, 0.1) is 13.0 Å². The van der Waals surface area contributed by atoms with Crippen LogP contribution in [0.15, 0.2) is 18.2 Å². The first-order valence-corrected chi connectivity index (χ1v) is 13.2. The number of carbonyl (C=O) groups excluding carboxylic acids is 1. The van der Waals surface area contributed by atoms with Gasteiger partial charge < -0.3 is 14.9 Å². The highest BCUT2D eigenvalue weighted by molar-refractivity contribution is 5.73. The van der Waals surface area contributed by atoms with E-state index >= 15 is 0 Å². The van der Waals surface area contributed by atoms with Crippen molar-refractivity contribution >= 4 is 5.97 Å². The van der Waals surface area contributed by atoms with Crippen LogP contribution < -0.4 is 0 Å². The number of ether oxygens (including phenoxy) is 1. The molecule has 1 unspecified atom stereocenters. The first-order chi connectivity index (χ1) is 15.5. The third kappa shape index (κ3) is 16.0. The van der Waals surface area contributed by atoms with Crippen LogP contribution in [-0.2, 0) is 16.0 Å². The Hall–Kier alpha value is -1.71. The van der Waals surface area contributed by atoms with Crippen molar-refractivity contribution in [3.8, 4) is 11.5 Å². The van der Waals surface area contributed by atoms with Crippen molar-refractivity contribution in [3.63, 3.8) is 0 Å². The first-order valence-electron chi connectivity index (χ1n) is 13.2. The minimum atomic E-state index is -0.321. The molecule has 2 N–H and O–H groups in total. The van der Waals surface area contributed by atoms with Crippen LogP contribution in [0.4, 0.5) is 0 Å². The maximum atomic E-state index is 12.0. The average Bonchev–Trinajstić information content (AvgIpc) is 2.74. The molecule has 1 aromatic rings. The summed E-state index contributed by atoms with van der Waals surface area (Å²) < 4.78 is 5.36. The van der Waals surface area contributed by atoms with Gasteiger partial charge in [0.15, 0.2) is 0 Å². The second-order valence-corrected chi connectivity index (χ2v) is 9.56. The van der Waals surface area contributed by atoms with E-state index in [0.29, 0.717) is 18.1 Å². The summed E-state index contributed by atoms with van der Waals surface area (Å²) in [6.45, 7) is 4.83. The van der Waals surface area contributed by atoms with Gasteiger partial charge in [0.25, 0.3) is 0 Å². The van der Waals surface area contributed by atoms with E-state index in [0.717, 1.165) is 6.42 Å². The largest absolute Gasteiger partial charge is 0.508 e. The number of unbranched alkanes of at least 4 members (excludes halogenated alkanes) is 14. The number of benzene rings is 1. The molecule has 1 rings (SSSR count). The Balaban J connectivity index is 1.89. The fraction of sp³-hybridized carbons (Fsp3) is 0.750. The molecule has 0 radical (unpaired) electrons. The number of phenols is 2. The SMILES string of the molecule is CCCCCCCCCCCCCCCCCC(C)COC(=O)Cc1cc(O)cc(O)c1. The molecule has 0 saturated carbocycles. The molecule has 0 aliphatic carbocycles. The van der Waals surface area contributed by atoms with E-state index in [9.17, 15) is 15.0 Å². The van der Waals surface area contributed by atoms with Gasteiger partial charge in [-0.05, 0) is 30.0 Å². The molecule has 0 aliphatic heterocycles. The van der Waals surface area contributed by atoms with Crippen LogP contribution in [0.25, 0.3) is 0 Å². The zero-order chi connectivity index (χ0) is 23.4. The summed E-state index contributed by atoms with van der Waals surface area (Å²) in [7, 11) is 0. The Labute approximate surface area is 196 Å². The van der Waals surface area contributed by atoms with Gasteiger partial charge in [-0.15, -0.1) is 0 Å². The van der Waals surface area contributed by atoms with Crippen LogP contribution in [0.3, 0.4) is 0 Å². The molecule has 0 aliphatic rings. The highest BCUT2D eigenvalue weighted by Gasteiger charge is 2.10. The molecular weight excluding hydrogens is 400 g/mol. The zero-order valence-corrected chi connectivity index (χ0v) is 20.7. The molecular formula is C28H48O4. The monoisotopic (exact) mass is 448 g/mol. The van der Waals surface area contributed by atoms with E-state index in [1.807, 2.05) is 0 Å². The predicted octanol–water partition coefficient (Wildman–Crippen LogP) is 8.08. The minimum absolute atomic E-state index is 0.0469. The molecule has 1 atom stereocenters. The highest BCUT2D eigenvalue weighted by atomic mass is 16.5. The lowest BCUT2D eigenvalue weighted by Crippen LogP contribution is -2.14. The molecule has 4 nitrogen and oxygen atoms in total. The molecule has 1 aromatic carbocycles. The highest BCUT2D eigenvalue weighted by Crippen LogP contribution is 2.21. The van der Waals surface area contributed by atoms with Crippen molar-refractivity contribution < 1.29 is 19.7 Å². The number of aromatic hydroxyl groups is 2. The number of carbonyl (C=O) groups is 1. The Morgan fingerprint density at radius 1 is 0.750 bits per heavy atom. The summed E-state index contributed by atoms with van der Waals surface area (Å²) in [5.74, 6) is -0.0551. The van der Waals surface area contributed by atoms with Gasteiger partial charge in [0, 0.05) is 6.07 Å². The topological polar surface area (TPSA) is 66.8 Å². The minimum Gasteiger partial charge on any atom is -0.508 e. The molecule has 0 saturated heterocycles. The van der Waals surface area contributed by atoms with Gasteiger partial charge in [0.1, 0.15) is 11.5 Å². The molecule has 0 spiro atoms. The lowest BCUT2D eigenvalue weighted by atomic mass is 10.0. The zero-order valence-electron chi connectivity index (χ0n) is 20.7. The van der Waals surface area contributed by atoms with Crippen molar-refractivity contribution in [3.05, 3.63) is 23.8 Å². The lowest BCUT2D eigenvalue weighted by molar-refractivity contribution is -0.144. The summed E-state index contributed by atoms with van der Waals surface area (Å²) >= 11 is 0. The van der Waals surface area contributed by atoms with Gasteiger partial charge in [-0.3, -0.25) is 4.79 Å². The normalized spacial score (nSPS) is 12.1. The van der Waals surface area contributed by atoms with E-state index in [1.165, 1.54) is 115 Å². The van der Waals surface area contributed by atoms with Crippen LogP contribution in [0.2, 0.25) is 0 Å². The number of hydrogen-bond donors (Lipinski definition) is 2. The van der Waals surface area contributed by atoms with Crippen LogP contribution in [-0.4, -0.2) is 22.8 Å². The Kier molecular flexibility index (Phi) is 16.7. The smallest absolute Gasteiger partial charge is 0.310 e. The van der Waals surface area contributed by atoms with Crippen LogP contribution in [0.1, 0.15) is 122 Å². The third-order valence-corrected chi connectivity index (χ3v) is 6.14. The average molecular weight is 449 g/mol. The van der Waals surface area contributed by atoms with Crippen molar-refractivity contribution in [1.82, 2.24) is 0 Å². The molecule has 32 heavy (non-hydrogen) atoms. The van der Waals surface area contributed by atoms with Crippen LogP contribution >= 0.6 is 0 Å². The summed E-state index contributed by atoms with van der Waals surface area (Å²) in [4.78, 5) is 12.0. The number of rotatable bonds is 20. The molecule has 0 amide bonds. The fourth-order valence-electron chi connectivity index (χ4n) is 4.16. The summed E-state index contributed by atoms with van der Waals surface area (Å²) in [6.07, 6.45) is 21.7. The first kappa shape index (κ1) is 28.3. The molecule has 184 valence electrons. The van der Waals surface area contributed by atoms with Gasteiger partial charge in [0.2, 0.25) is 0 Å². The lowest BCUT2D eigenvalue weighted by Gasteiger charge is -2.12. The van der Waals surface area contributed by atoms with E-state index in [-0.39, 0.29) is 23.9 Å². The predicted molar refractivity (Wildman–Crippen MR) is 133 cm³/mol. The Morgan fingerprint density at radius 3 is 1.66 bits per heavy atom. The van der Waals surface area contributed by atoms with Crippen molar-refractivity contribution in [2.45, 2.75) is 123 Å². The standard InChI is InChI=1S/C28H48O4/c1-3-4-5-6-7-8-9-10-11-12-13-14-15-16-17-18-24(2)23-32-28(31)21-25-19-26(29)22-27(30)20-25/h19-20,22,24,29-30H,3-18,21,23H2,1-2H3. The van der Waals surface area contributed by atoms with Crippen molar-refractivity contribution in [2.75, 3.05) is 6.61 Å². The van der Waals surface area contributed by atoms with Gasteiger partial charge >= 0.3 is 5.97 Å². The Morgan fingerprint density at radius 2 is 1.19 bits per heavy atom. The van der Waals surface area contributed by atoms with E-state index < -0.39 is 0 Å². The van der Waals surface area contributed by atoms with E-state index in [4.69, 9.17) is 4.74 Å². The van der Waals surface area contributed by atoms with E-state index in [2.05, 4.69) is 13.8 Å². The Bertz CT molecular complexity index is 579. The summed E-state index contributed by atoms with van der Waals surface area (Å²) in [5.41, 5.74) is 0.558. The molecule has 0 aromatic heterocycles. The molecule has 0 bridgehead atoms. The van der Waals surface area contributed by atoms with Gasteiger partial charge in [-0.1, -0.05) is 110 Å².